The Morgan fingerprint density at radius 1 is 1.37 bits per heavy atom. The van der Waals surface area contributed by atoms with Gasteiger partial charge in [0.05, 0.1) is 0 Å². The summed E-state index contributed by atoms with van der Waals surface area (Å²) in [4.78, 5) is 0.0212. The number of aliphatic hydroxyl groups excluding tert-OH is 1. The lowest BCUT2D eigenvalue weighted by atomic mass is 10.1. The molecule has 0 aliphatic heterocycles. The zero-order valence-corrected chi connectivity index (χ0v) is 13.7. The first kappa shape index (κ1) is 16.7. The Balaban J connectivity index is 2.77. The van der Waals surface area contributed by atoms with Crippen LogP contribution >= 0.6 is 15.9 Å². The first-order valence-corrected chi connectivity index (χ1v) is 8.45. The second-order valence-electron chi connectivity index (χ2n) is 5.00. The van der Waals surface area contributed by atoms with Crippen molar-refractivity contribution in [2.24, 2.45) is 5.92 Å². The highest BCUT2D eigenvalue weighted by molar-refractivity contribution is 9.10. The number of aliphatic hydroxyl groups is 1. The molecule has 0 fully saturated rings. The van der Waals surface area contributed by atoms with Crippen molar-refractivity contribution in [2.75, 3.05) is 0 Å². The van der Waals surface area contributed by atoms with Crippen LogP contribution in [0.15, 0.2) is 20.0 Å². The molecule has 2 N–H and O–H groups in total. The fourth-order valence-electron chi connectivity index (χ4n) is 1.63. The lowest BCUT2D eigenvalue weighted by molar-refractivity contribution is 0.245. The molecule has 7 heteroatoms. The van der Waals surface area contributed by atoms with Gasteiger partial charge in [-0.15, -0.1) is 0 Å². The first-order valence-electron chi connectivity index (χ1n) is 6.17. The SMILES string of the molecule is CC(C)CCC(C)NS(=O)(=O)c1cc(CO)oc1Br. The predicted octanol–water partition coefficient (Wildman–Crippen LogP) is 2.64. The second-order valence-corrected chi connectivity index (χ2v) is 7.40. The summed E-state index contributed by atoms with van der Waals surface area (Å²) >= 11 is 3.05. The lowest BCUT2D eigenvalue weighted by Gasteiger charge is -2.14. The Morgan fingerprint density at radius 3 is 2.47 bits per heavy atom. The molecule has 0 saturated carbocycles. The van der Waals surface area contributed by atoms with Gasteiger partial charge < -0.3 is 9.52 Å². The maximum atomic E-state index is 12.2. The van der Waals surface area contributed by atoms with Gasteiger partial charge in [0.15, 0.2) is 4.67 Å². The summed E-state index contributed by atoms with van der Waals surface area (Å²) in [5.41, 5.74) is 0. The molecule has 0 spiro atoms. The minimum absolute atomic E-state index is 0.0212. The predicted molar refractivity (Wildman–Crippen MR) is 76.2 cm³/mol. The summed E-state index contributed by atoms with van der Waals surface area (Å²) < 4.78 is 32.1. The van der Waals surface area contributed by atoms with Gasteiger partial charge in [-0.05, 0) is 41.6 Å². The van der Waals surface area contributed by atoms with Crippen LogP contribution in [-0.2, 0) is 16.6 Å². The molecule has 0 aliphatic rings. The van der Waals surface area contributed by atoms with Crippen LogP contribution in [0.3, 0.4) is 0 Å². The second kappa shape index (κ2) is 6.88. The molecule has 1 aromatic heterocycles. The third-order valence-electron chi connectivity index (χ3n) is 2.69. The van der Waals surface area contributed by atoms with Crippen LogP contribution in [0.4, 0.5) is 0 Å². The lowest BCUT2D eigenvalue weighted by Crippen LogP contribution is -2.32. The molecule has 0 radical (unpaired) electrons. The number of rotatable bonds is 7. The van der Waals surface area contributed by atoms with E-state index in [4.69, 9.17) is 9.52 Å². The van der Waals surface area contributed by atoms with Crippen LogP contribution < -0.4 is 4.72 Å². The van der Waals surface area contributed by atoms with E-state index in [-0.39, 0.29) is 28.0 Å². The zero-order chi connectivity index (χ0) is 14.6. The van der Waals surface area contributed by atoms with E-state index in [2.05, 4.69) is 34.5 Å². The van der Waals surface area contributed by atoms with Crippen LogP contribution in [-0.4, -0.2) is 19.6 Å². The van der Waals surface area contributed by atoms with E-state index in [0.717, 1.165) is 12.8 Å². The molecule has 0 amide bonds. The number of hydrogen-bond acceptors (Lipinski definition) is 4. The monoisotopic (exact) mass is 353 g/mol. The summed E-state index contributed by atoms with van der Waals surface area (Å²) in [6.07, 6.45) is 1.73. The van der Waals surface area contributed by atoms with Gasteiger partial charge in [0.1, 0.15) is 17.3 Å². The van der Waals surface area contributed by atoms with Crippen LogP contribution in [0.1, 0.15) is 39.4 Å². The van der Waals surface area contributed by atoms with Crippen molar-refractivity contribution < 1.29 is 17.9 Å². The third kappa shape index (κ3) is 4.91. The van der Waals surface area contributed by atoms with Gasteiger partial charge in [0.25, 0.3) is 0 Å². The number of halogens is 1. The van der Waals surface area contributed by atoms with Gasteiger partial charge >= 0.3 is 0 Å². The van der Waals surface area contributed by atoms with Crippen molar-refractivity contribution in [3.63, 3.8) is 0 Å². The molecule has 1 atom stereocenters. The molecule has 0 saturated heterocycles. The molecule has 1 heterocycles. The molecule has 1 unspecified atom stereocenters. The van der Waals surface area contributed by atoms with Crippen LogP contribution in [0.25, 0.3) is 0 Å². The van der Waals surface area contributed by atoms with Crippen molar-refractivity contribution in [3.8, 4) is 0 Å². The Morgan fingerprint density at radius 2 is 2.00 bits per heavy atom. The minimum Gasteiger partial charge on any atom is -0.450 e. The summed E-state index contributed by atoms with van der Waals surface area (Å²) in [6.45, 7) is 5.70. The highest BCUT2D eigenvalue weighted by atomic mass is 79.9. The van der Waals surface area contributed by atoms with E-state index < -0.39 is 10.0 Å². The molecular formula is C12H20BrNO4S. The van der Waals surface area contributed by atoms with Crippen molar-refractivity contribution in [1.82, 2.24) is 4.72 Å². The fourth-order valence-corrected chi connectivity index (χ4v) is 3.91. The standard InChI is InChI=1S/C12H20BrNO4S/c1-8(2)4-5-9(3)14-19(16,17)11-6-10(7-15)18-12(11)13/h6,8-9,14-15H,4-5,7H2,1-3H3. The average molecular weight is 354 g/mol. The molecule has 1 rings (SSSR count). The number of hydrogen-bond donors (Lipinski definition) is 2. The Kier molecular flexibility index (Phi) is 6.04. The largest absolute Gasteiger partial charge is 0.450 e. The van der Waals surface area contributed by atoms with E-state index in [9.17, 15) is 8.42 Å². The van der Waals surface area contributed by atoms with Gasteiger partial charge in [-0.2, -0.15) is 0 Å². The number of nitrogens with one attached hydrogen (secondary N) is 1. The Labute approximate surface area is 122 Å². The van der Waals surface area contributed by atoms with Crippen molar-refractivity contribution in [3.05, 3.63) is 16.5 Å². The van der Waals surface area contributed by atoms with E-state index in [1.54, 1.807) is 0 Å². The topological polar surface area (TPSA) is 79.5 Å². The van der Waals surface area contributed by atoms with E-state index in [0.29, 0.717) is 5.92 Å². The van der Waals surface area contributed by atoms with Gasteiger partial charge in [-0.25, -0.2) is 13.1 Å². The van der Waals surface area contributed by atoms with E-state index in [1.165, 1.54) is 6.07 Å². The average Bonchev–Trinajstić information content (AvgIpc) is 2.68. The molecule has 5 nitrogen and oxygen atoms in total. The molecule has 110 valence electrons. The highest BCUT2D eigenvalue weighted by Gasteiger charge is 2.24. The van der Waals surface area contributed by atoms with Crippen molar-refractivity contribution in [1.29, 1.82) is 0 Å². The quantitative estimate of drug-likeness (QED) is 0.789. The molecule has 19 heavy (non-hydrogen) atoms. The third-order valence-corrected chi connectivity index (χ3v) is 5.13. The fraction of sp³-hybridized carbons (Fsp3) is 0.667. The Hall–Kier alpha value is -0.370. The molecule has 0 aliphatic carbocycles. The van der Waals surface area contributed by atoms with E-state index in [1.807, 2.05) is 6.92 Å². The summed E-state index contributed by atoms with van der Waals surface area (Å²) in [7, 11) is -3.63. The van der Waals surface area contributed by atoms with Gasteiger partial charge in [0, 0.05) is 12.1 Å². The first-order chi connectivity index (χ1) is 8.76. The van der Waals surface area contributed by atoms with Gasteiger partial charge in [-0.3, -0.25) is 0 Å². The zero-order valence-electron chi connectivity index (χ0n) is 11.3. The normalized spacial score (nSPS) is 14.0. The summed E-state index contributed by atoms with van der Waals surface area (Å²) in [5, 5.41) is 8.94. The minimum atomic E-state index is -3.63. The number of furan rings is 1. The van der Waals surface area contributed by atoms with Crippen molar-refractivity contribution >= 4 is 26.0 Å². The van der Waals surface area contributed by atoms with E-state index >= 15 is 0 Å². The summed E-state index contributed by atoms with van der Waals surface area (Å²) in [5.74, 6) is 0.746. The van der Waals surface area contributed by atoms with Crippen LogP contribution in [0.2, 0.25) is 0 Å². The maximum Gasteiger partial charge on any atom is 0.245 e. The molecular weight excluding hydrogens is 334 g/mol. The van der Waals surface area contributed by atoms with Crippen LogP contribution in [0.5, 0.6) is 0 Å². The highest BCUT2D eigenvalue weighted by Crippen LogP contribution is 2.26. The van der Waals surface area contributed by atoms with Crippen LogP contribution in [0, 0.1) is 5.92 Å². The van der Waals surface area contributed by atoms with Crippen molar-refractivity contribution in [2.45, 2.75) is 51.2 Å². The summed E-state index contributed by atoms with van der Waals surface area (Å²) in [6, 6.07) is 1.17. The Bertz CT molecular complexity index is 510. The molecule has 1 aromatic rings. The smallest absolute Gasteiger partial charge is 0.245 e. The molecule has 0 bridgehead atoms. The van der Waals surface area contributed by atoms with Gasteiger partial charge in [-0.1, -0.05) is 13.8 Å². The van der Waals surface area contributed by atoms with Gasteiger partial charge in [0.2, 0.25) is 10.0 Å². The maximum absolute atomic E-state index is 12.2. The molecule has 0 aromatic carbocycles. The number of sulfonamides is 1.